The molecule has 0 radical (unpaired) electrons. The molecule has 6 rings (SSSR count). The van der Waals surface area contributed by atoms with Gasteiger partial charge in [0.1, 0.15) is 36.2 Å². The van der Waals surface area contributed by atoms with Gasteiger partial charge in [-0.1, -0.05) is 18.7 Å². The molecule has 1 unspecified atom stereocenters. The number of urea groups is 1. The van der Waals surface area contributed by atoms with E-state index in [0.717, 1.165) is 6.20 Å². The molecule has 3 aliphatic rings. The lowest BCUT2D eigenvalue weighted by Gasteiger charge is -2.32. The van der Waals surface area contributed by atoms with Crippen molar-refractivity contribution in [1.82, 2.24) is 24.3 Å². The van der Waals surface area contributed by atoms with E-state index in [1.807, 2.05) is 0 Å². The second-order valence-corrected chi connectivity index (χ2v) is 10.5. The molecule has 2 fully saturated rings. The van der Waals surface area contributed by atoms with Crippen LogP contribution in [0.15, 0.2) is 66.2 Å². The lowest BCUT2D eigenvalue weighted by atomic mass is 9.99. The molecule has 2 saturated heterocycles. The Morgan fingerprint density at radius 1 is 1.25 bits per heavy atom. The van der Waals surface area contributed by atoms with Crippen molar-refractivity contribution in [3.05, 3.63) is 78.4 Å². The molecular formula is C30H29F2N7O5. The van der Waals surface area contributed by atoms with E-state index in [9.17, 15) is 23.2 Å². The lowest BCUT2D eigenvalue weighted by Crippen LogP contribution is -2.47. The minimum Gasteiger partial charge on any atom is -0.490 e. The van der Waals surface area contributed by atoms with E-state index >= 15 is 0 Å². The minimum absolute atomic E-state index is 0.0107. The van der Waals surface area contributed by atoms with Crippen molar-refractivity contribution < 1.29 is 32.6 Å². The third-order valence-corrected chi connectivity index (χ3v) is 8.01. The molecule has 2 aromatic carbocycles. The predicted molar refractivity (Wildman–Crippen MR) is 155 cm³/mol. The highest BCUT2D eigenvalue weighted by Crippen LogP contribution is 2.41. The molecule has 12 nitrogen and oxygen atoms in total. The number of carbonyl (C=O) groups is 3. The number of methoxy groups -OCH3 is 1. The maximum atomic E-state index is 14.8. The number of likely N-dealkylation sites (tertiary alicyclic amines) is 1. The van der Waals surface area contributed by atoms with Crippen molar-refractivity contribution in [2.24, 2.45) is 10.7 Å². The van der Waals surface area contributed by atoms with Gasteiger partial charge in [-0.05, 0) is 31.0 Å². The number of hydrogen-bond acceptors (Lipinski definition) is 8. The van der Waals surface area contributed by atoms with Crippen LogP contribution in [0.4, 0.5) is 13.6 Å². The summed E-state index contributed by atoms with van der Waals surface area (Å²) in [6.07, 6.45) is 3.89. The molecule has 0 bridgehead atoms. The van der Waals surface area contributed by atoms with E-state index in [1.165, 1.54) is 63.0 Å². The topological polar surface area (TPSA) is 136 Å². The lowest BCUT2D eigenvalue weighted by molar-refractivity contribution is -0.151. The summed E-state index contributed by atoms with van der Waals surface area (Å²) in [6, 6.07) is 6.35. The molecule has 2 N–H and O–H groups in total. The van der Waals surface area contributed by atoms with Gasteiger partial charge in [0.15, 0.2) is 17.4 Å². The monoisotopic (exact) mass is 605 g/mol. The summed E-state index contributed by atoms with van der Waals surface area (Å²) >= 11 is 0. The van der Waals surface area contributed by atoms with E-state index in [4.69, 9.17) is 15.2 Å². The van der Waals surface area contributed by atoms with Crippen molar-refractivity contribution >= 4 is 40.6 Å². The van der Waals surface area contributed by atoms with E-state index < -0.39 is 48.2 Å². The summed E-state index contributed by atoms with van der Waals surface area (Å²) in [5, 5.41) is 0. The number of nitrogens with zero attached hydrogens (tertiary/aromatic N) is 6. The second-order valence-electron chi connectivity index (χ2n) is 10.5. The van der Waals surface area contributed by atoms with Crippen LogP contribution in [0, 0.1) is 11.6 Å². The van der Waals surface area contributed by atoms with E-state index in [-0.39, 0.29) is 36.1 Å². The number of nitrogens with two attached hydrogens (primary N) is 1. The smallest absolute Gasteiger partial charge is 0.331 e. The quantitative estimate of drug-likeness (QED) is 0.426. The Labute approximate surface area is 250 Å². The standard InChI is InChI=1S/C30H29F2N7O5/c1-17(38-16-34-21-9-8-18(31)13-24(21)38)35-28-25(14-33)37(15-26(40)36-11-4-7-23(36)29(41)43-2)30(42)39(28)22-10-12-44-27-19(22)5-3-6-20(27)32/h3,5-6,8-9,13-14,16,22-23H,1,4,7,10-12,15,33H2,2H3/b25-14+,35-28+/t22-,23?/m1/s1. The summed E-state index contributed by atoms with van der Waals surface area (Å²) in [4.78, 5) is 52.9. The fourth-order valence-corrected chi connectivity index (χ4v) is 5.95. The highest BCUT2D eigenvalue weighted by Gasteiger charge is 2.47. The number of esters is 1. The number of hydrogen-bond donors (Lipinski definition) is 1. The van der Waals surface area contributed by atoms with Crippen LogP contribution in [0.2, 0.25) is 0 Å². The molecule has 3 aliphatic heterocycles. The number of para-hydroxylation sites is 1. The van der Waals surface area contributed by atoms with Gasteiger partial charge in [-0.2, -0.15) is 0 Å². The minimum atomic E-state index is -0.764. The Hall–Kier alpha value is -5.27. The summed E-state index contributed by atoms with van der Waals surface area (Å²) in [5.41, 5.74) is 7.46. The van der Waals surface area contributed by atoms with Crippen LogP contribution < -0.4 is 10.5 Å². The van der Waals surface area contributed by atoms with Gasteiger partial charge < -0.3 is 20.1 Å². The number of ether oxygens (including phenoxy) is 2. The molecule has 0 saturated carbocycles. The van der Waals surface area contributed by atoms with Gasteiger partial charge in [-0.15, -0.1) is 0 Å². The van der Waals surface area contributed by atoms with Crippen LogP contribution in [0.25, 0.3) is 16.9 Å². The number of aromatic nitrogens is 2. The first kappa shape index (κ1) is 28.8. The van der Waals surface area contributed by atoms with Gasteiger partial charge in [-0.25, -0.2) is 28.3 Å². The zero-order valence-electron chi connectivity index (χ0n) is 23.8. The number of fused-ring (bicyclic) bond motifs is 2. The Kier molecular flexibility index (Phi) is 7.49. The molecule has 1 aromatic heterocycles. The van der Waals surface area contributed by atoms with Crippen molar-refractivity contribution in [2.45, 2.75) is 31.3 Å². The van der Waals surface area contributed by atoms with E-state index in [2.05, 4.69) is 16.6 Å². The Morgan fingerprint density at radius 2 is 2.07 bits per heavy atom. The molecule has 3 amide bonds. The fourth-order valence-electron chi connectivity index (χ4n) is 5.95. The number of amidine groups is 1. The molecule has 3 aromatic rings. The number of imidazole rings is 1. The van der Waals surface area contributed by atoms with Crippen molar-refractivity contribution in [3.8, 4) is 5.75 Å². The maximum Gasteiger partial charge on any atom is 0.331 e. The first-order valence-corrected chi connectivity index (χ1v) is 14.0. The van der Waals surface area contributed by atoms with Crippen molar-refractivity contribution in [2.75, 3.05) is 26.8 Å². The first-order valence-electron chi connectivity index (χ1n) is 14.0. The summed E-state index contributed by atoms with van der Waals surface area (Å²) < 4.78 is 40.8. The molecule has 14 heteroatoms. The Balaban J connectivity index is 1.42. The van der Waals surface area contributed by atoms with Gasteiger partial charge in [0.2, 0.25) is 5.91 Å². The summed E-state index contributed by atoms with van der Waals surface area (Å²) in [6.45, 7) is 4.02. The SMILES string of the molecule is C=C(/N=C1\C(=C/N)N(CC(=O)N2CCCC2C(=O)OC)C(=O)N1[C@@H]1CCOc2c(F)cccc21)n1cnc2ccc(F)cc21. The Morgan fingerprint density at radius 3 is 2.84 bits per heavy atom. The number of benzene rings is 2. The van der Waals surface area contributed by atoms with Gasteiger partial charge in [0.25, 0.3) is 0 Å². The molecule has 228 valence electrons. The molecule has 2 atom stereocenters. The van der Waals surface area contributed by atoms with Crippen LogP contribution in [0.5, 0.6) is 5.75 Å². The number of aliphatic imine (C=N–C) groups is 1. The zero-order valence-corrected chi connectivity index (χ0v) is 23.8. The first-order chi connectivity index (χ1) is 21.2. The highest BCUT2D eigenvalue weighted by molar-refractivity contribution is 6.16. The number of amides is 3. The van der Waals surface area contributed by atoms with Crippen LogP contribution in [0.3, 0.4) is 0 Å². The van der Waals surface area contributed by atoms with Gasteiger partial charge in [0, 0.05) is 30.8 Å². The summed E-state index contributed by atoms with van der Waals surface area (Å²) in [7, 11) is 1.25. The third-order valence-electron chi connectivity index (χ3n) is 8.01. The molecule has 0 spiro atoms. The van der Waals surface area contributed by atoms with Crippen LogP contribution in [-0.2, 0) is 14.3 Å². The van der Waals surface area contributed by atoms with Gasteiger partial charge in [0.05, 0.1) is 30.8 Å². The van der Waals surface area contributed by atoms with Crippen LogP contribution >= 0.6 is 0 Å². The molecular weight excluding hydrogens is 576 g/mol. The van der Waals surface area contributed by atoms with Gasteiger partial charge >= 0.3 is 12.0 Å². The van der Waals surface area contributed by atoms with Gasteiger partial charge in [-0.3, -0.25) is 19.2 Å². The molecule has 44 heavy (non-hydrogen) atoms. The average molecular weight is 606 g/mol. The Bertz CT molecular complexity index is 1750. The molecule has 4 heterocycles. The maximum absolute atomic E-state index is 14.8. The average Bonchev–Trinajstić information content (AvgIpc) is 3.73. The van der Waals surface area contributed by atoms with Crippen molar-refractivity contribution in [1.29, 1.82) is 0 Å². The van der Waals surface area contributed by atoms with Crippen molar-refractivity contribution in [3.63, 3.8) is 0 Å². The fraction of sp³-hybridized carbons (Fsp3) is 0.300. The van der Waals surface area contributed by atoms with E-state index in [1.54, 1.807) is 6.07 Å². The number of rotatable bonds is 6. The normalized spacial score (nSPS) is 21.7. The van der Waals surface area contributed by atoms with Crippen LogP contribution in [0.1, 0.15) is 30.9 Å². The predicted octanol–water partition coefficient (Wildman–Crippen LogP) is 3.37. The number of carbonyl (C=O) groups excluding carboxylic acids is 3. The zero-order chi connectivity index (χ0) is 31.1. The molecule has 0 aliphatic carbocycles. The second kappa shape index (κ2) is 11.4. The third kappa shape index (κ3) is 4.81. The highest BCUT2D eigenvalue weighted by atomic mass is 19.1. The van der Waals surface area contributed by atoms with Crippen LogP contribution in [-0.4, -0.2) is 80.8 Å². The van der Waals surface area contributed by atoms with E-state index in [0.29, 0.717) is 36.0 Å². The largest absolute Gasteiger partial charge is 0.490 e. The summed E-state index contributed by atoms with van der Waals surface area (Å²) in [5.74, 6) is -1.97. The number of halogens is 2.